The van der Waals surface area contributed by atoms with E-state index < -0.39 is 7.25 Å². The summed E-state index contributed by atoms with van der Waals surface area (Å²) in [5.41, 5.74) is 12.3. The van der Waals surface area contributed by atoms with E-state index in [9.17, 15) is 17.3 Å². The van der Waals surface area contributed by atoms with Crippen molar-refractivity contribution in [3.63, 3.8) is 0 Å². The standard InChI is InChI=1S/C34H42N3.BF4/c1-33(2)26-16-9-11-18-28(26)36(7)30(33)22-20-24-14-13-15-25(32(24)35(5)6)21-23-31-34(3,4)27-17-10-12-19-29(27)37(31)8;2-1(3,4)5/h9-12,16-23H,13-15H2,1-8H3;/q+1;-1. The first-order chi connectivity index (χ1) is 19.5. The van der Waals surface area contributed by atoms with Crippen LogP contribution in [0, 0.1) is 0 Å². The Morgan fingerprint density at radius 2 is 1.02 bits per heavy atom. The van der Waals surface area contributed by atoms with Gasteiger partial charge in [0.15, 0.2) is 0 Å². The third-order valence-electron chi connectivity index (χ3n) is 8.71. The maximum atomic E-state index is 9.75. The number of allylic oxidation sites excluding steroid dienone is 8. The van der Waals surface area contributed by atoms with E-state index in [0.717, 1.165) is 12.8 Å². The predicted molar refractivity (Wildman–Crippen MR) is 169 cm³/mol. The summed E-state index contributed by atoms with van der Waals surface area (Å²) in [6, 6.07) is 17.6. The normalized spacial score (nSPS) is 22.9. The van der Waals surface area contributed by atoms with E-state index in [1.54, 1.807) is 0 Å². The van der Waals surface area contributed by atoms with E-state index in [4.69, 9.17) is 0 Å². The summed E-state index contributed by atoms with van der Waals surface area (Å²) in [5.74, 6) is 0. The van der Waals surface area contributed by atoms with Gasteiger partial charge < -0.3 is 27.1 Å². The largest absolute Gasteiger partial charge is 0.673 e. The van der Waals surface area contributed by atoms with Gasteiger partial charge in [0, 0.05) is 58.8 Å². The molecule has 3 aliphatic rings. The van der Waals surface area contributed by atoms with E-state index in [2.05, 4.69) is 143 Å². The van der Waals surface area contributed by atoms with Crippen LogP contribution in [0.15, 0.2) is 95.4 Å². The monoisotopic (exact) mass is 579 g/mol. The van der Waals surface area contributed by atoms with Gasteiger partial charge in [-0.3, -0.25) is 0 Å². The maximum absolute atomic E-state index is 9.75. The van der Waals surface area contributed by atoms with Crippen LogP contribution in [0.3, 0.4) is 0 Å². The zero-order chi connectivity index (χ0) is 31.0. The average molecular weight is 580 g/mol. The quantitative estimate of drug-likeness (QED) is 0.200. The number of hydrogen-bond acceptors (Lipinski definition) is 2. The molecule has 0 bridgehead atoms. The van der Waals surface area contributed by atoms with Crippen LogP contribution < -0.4 is 9.80 Å². The van der Waals surface area contributed by atoms with Crippen molar-refractivity contribution in [2.45, 2.75) is 57.8 Å². The van der Waals surface area contributed by atoms with Crippen molar-refractivity contribution in [3.05, 3.63) is 107 Å². The summed E-state index contributed by atoms with van der Waals surface area (Å²) in [6.07, 6.45) is 12.9. The smallest absolute Gasteiger partial charge is 0.418 e. The first-order valence-electron chi connectivity index (χ1n) is 14.5. The summed E-state index contributed by atoms with van der Waals surface area (Å²) in [4.78, 5) is 4.72. The van der Waals surface area contributed by atoms with Gasteiger partial charge in [-0.1, -0.05) is 76.2 Å². The molecule has 2 aliphatic heterocycles. The van der Waals surface area contributed by atoms with Crippen molar-refractivity contribution in [3.8, 4) is 0 Å². The molecule has 0 unspecified atom stereocenters. The second kappa shape index (κ2) is 11.6. The number of nitrogens with zero attached hydrogens (tertiary/aromatic N) is 3. The first-order valence-corrected chi connectivity index (χ1v) is 14.5. The molecule has 0 N–H and O–H groups in total. The van der Waals surface area contributed by atoms with Gasteiger partial charge in [0.2, 0.25) is 5.71 Å². The van der Waals surface area contributed by atoms with Crippen molar-refractivity contribution in [2.75, 3.05) is 38.0 Å². The second-order valence-electron chi connectivity index (χ2n) is 12.5. The highest BCUT2D eigenvalue weighted by molar-refractivity contribution is 6.50. The van der Waals surface area contributed by atoms with Gasteiger partial charge in [-0.2, -0.15) is 0 Å². The minimum atomic E-state index is -6.00. The molecule has 2 heterocycles. The molecule has 0 spiro atoms. The molecule has 3 nitrogen and oxygen atoms in total. The Bertz CT molecular complexity index is 1400. The molecule has 42 heavy (non-hydrogen) atoms. The second-order valence-corrected chi connectivity index (χ2v) is 12.5. The van der Waals surface area contributed by atoms with E-state index in [-0.39, 0.29) is 10.8 Å². The predicted octanol–water partition coefficient (Wildman–Crippen LogP) is 8.66. The van der Waals surface area contributed by atoms with E-state index in [1.165, 1.54) is 57.2 Å². The molecule has 2 aromatic rings. The number of rotatable bonds is 2. The van der Waals surface area contributed by atoms with Crippen molar-refractivity contribution < 1.29 is 21.8 Å². The molecule has 0 saturated heterocycles. The number of likely N-dealkylation sites (N-methyl/N-ethyl adjacent to an activating group) is 2. The van der Waals surface area contributed by atoms with Crippen molar-refractivity contribution >= 4 is 24.3 Å². The van der Waals surface area contributed by atoms with E-state index >= 15 is 0 Å². The summed E-state index contributed by atoms with van der Waals surface area (Å²) in [7, 11) is 2.77. The maximum Gasteiger partial charge on any atom is 0.673 e. The summed E-state index contributed by atoms with van der Waals surface area (Å²) in [5, 5.41) is 0. The van der Waals surface area contributed by atoms with Gasteiger partial charge in [-0.05, 0) is 54.7 Å². The zero-order valence-electron chi connectivity index (χ0n) is 26.0. The number of fused-ring (bicyclic) bond motifs is 2. The van der Waals surface area contributed by atoms with Gasteiger partial charge >= 0.3 is 7.25 Å². The van der Waals surface area contributed by atoms with Gasteiger partial charge in [0.1, 0.15) is 14.1 Å². The molecule has 1 saturated carbocycles. The lowest BCUT2D eigenvalue weighted by Crippen LogP contribution is -2.24. The highest BCUT2D eigenvalue weighted by Crippen LogP contribution is 2.48. The fourth-order valence-corrected chi connectivity index (χ4v) is 6.77. The van der Waals surface area contributed by atoms with Crippen LogP contribution in [0.4, 0.5) is 28.6 Å². The van der Waals surface area contributed by atoms with Crippen LogP contribution >= 0.6 is 0 Å². The van der Waals surface area contributed by atoms with Gasteiger partial charge in [-0.25, -0.2) is 4.58 Å². The Labute approximate surface area is 248 Å². The van der Waals surface area contributed by atoms with Gasteiger partial charge in [0.25, 0.3) is 0 Å². The Morgan fingerprint density at radius 3 is 1.36 bits per heavy atom. The van der Waals surface area contributed by atoms with E-state index in [1.807, 2.05) is 0 Å². The minimum Gasteiger partial charge on any atom is -0.418 e. The lowest BCUT2D eigenvalue weighted by Gasteiger charge is -2.25. The minimum absolute atomic E-state index is 0.00785. The SMILES string of the molecule is CN1/C(=C\C=C2/CCC/C(=C\C=C3\N(C)c4ccccc4C3(C)C)C2=[N+](C)C)C(C)(C)c2ccccc21.F[B-](F)(F)F. The highest BCUT2D eigenvalue weighted by atomic mass is 19.5. The first kappa shape index (κ1) is 31.4. The van der Waals surface area contributed by atoms with E-state index in [0.29, 0.717) is 0 Å². The van der Waals surface area contributed by atoms with Crippen LogP contribution in [-0.4, -0.2) is 45.7 Å². The molecule has 5 rings (SSSR count). The molecule has 0 radical (unpaired) electrons. The molecular formula is C34H42BF4N3. The Kier molecular flexibility index (Phi) is 8.68. The average Bonchev–Trinajstić information content (AvgIpc) is 3.22. The molecule has 224 valence electrons. The van der Waals surface area contributed by atoms with Crippen LogP contribution in [-0.2, 0) is 10.8 Å². The molecule has 0 amide bonds. The summed E-state index contributed by atoms with van der Waals surface area (Å²) >= 11 is 0. The fraction of sp³-hybridized carbons (Fsp3) is 0.382. The number of para-hydroxylation sites is 2. The number of benzene rings is 2. The number of halogens is 4. The lowest BCUT2D eigenvalue weighted by atomic mass is 9.82. The molecule has 0 aromatic heterocycles. The molecule has 2 aromatic carbocycles. The lowest BCUT2D eigenvalue weighted by molar-refractivity contribution is -0.463. The van der Waals surface area contributed by atoms with Crippen molar-refractivity contribution in [2.24, 2.45) is 0 Å². The van der Waals surface area contributed by atoms with Crippen LogP contribution in [0.25, 0.3) is 0 Å². The Balaban J connectivity index is 0.000000748. The number of anilines is 2. The van der Waals surface area contributed by atoms with Crippen molar-refractivity contribution in [1.82, 2.24) is 0 Å². The third kappa shape index (κ3) is 6.13. The van der Waals surface area contributed by atoms with Crippen LogP contribution in [0.1, 0.15) is 58.1 Å². The van der Waals surface area contributed by atoms with Crippen molar-refractivity contribution in [1.29, 1.82) is 0 Å². The van der Waals surface area contributed by atoms with Crippen LogP contribution in [0.5, 0.6) is 0 Å². The van der Waals surface area contributed by atoms with Gasteiger partial charge in [0.05, 0.1) is 0 Å². The molecule has 1 aliphatic carbocycles. The highest BCUT2D eigenvalue weighted by Gasteiger charge is 2.39. The third-order valence-corrected chi connectivity index (χ3v) is 8.71. The Hall–Kier alpha value is -3.55. The zero-order valence-corrected chi connectivity index (χ0v) is 26.0. The fourth-order valence-electron chi connectivity index (χ4n) is 6.77. The number of hydrogen-bond donors (Lipinski definition) is 0. The molecule has 0 atom stereocenters. The molecular weight excluding hydrogens is 537 g/mol. The summed E-state index contributed by atoms with van der Waals surface area (Å²) in [6.45, 7) is 9.36. The Morgan fingerprint density at radius 1 is 0.667 bits per heavy atom. The van der Waals surface area contributed by atoms with Crippen LogP contribution in [0.2, 0.25) is 0 Å². The topological polar surface area (TPSA) is 9.49 Å². The molecule has 8 heteroatoms. The summed E-state index contributed by atoms with van der Waals surface area (Å²) < 4.78 is 41.3. The molecule has 1 fully saturated rings. The van der Waals surface area contributed by atoms with Gasteiger partial charge in [-0.15, -0.1) is 0 Å².